The molecular formula is C15H27NO4. The smallest absolute Gasteiger partial charge is 0.411 e. The van der Waals surface area contributed by atoms with E-state index in [1.807, 2.05) is 41.5 Å². The molecule has 1 rings (SSSR count). The number of carbonyl (C=O) groups is 2. The fourth-order valence-corrected chi connectivity index (χ4v) is 1.93. The minimum absolute atomic E-state index is 0.0784. The Kier molecular flexibility index (Phi) is 5.05. The fraction of sp³-hybridized carbons (Fsp3) is 0.867. The van der Waals surface area contributed by atoms with Crippen molar-refractivity contribution in [1.82, 2.24) is 4.90 Å². The molecule has 0 saturated carbocycles. The van der Waals surface area contributed by atoms with Gasteiger partial charge in [0.2, 0.25) is 0 Å². The van der Waals surface area contributed by atoms with Gasteiger partial charge in [-0.2, -0.15) is 0 Å². The number of ether oxygens (including phenoxy) is 2. The Morgan fingerprint density at radius 2 is 1.75 bits per heavy atom. The third-order valence-electron chi connectivity index (χ3n) is 2.80. The molecule has 20 heavy (non-hydrogen) atoms. The van der Waals surface area contributed by atoms with Crippen LogP contribution in [0.1, 0.15) is 54.4 Å². The van der Waals surface area contributed by atoms with Gasteiger partial charge < -0.3 is 9.47 Å². The van der Waals surface area contributed by atoms with Crippen molar-refractivity contribution in [2.45, 2.75) is 66.0 Å². The quantitative estimate of drug-likeness (QED) is 0.732. The van der Waals surface area contributed by atoms with E-state index in [0.717, 1.165) is 6.42 Å². The van der Waals surface area contributed by atoms with Crippen LogP contribution in [0.4, 0.5) is 4.79 Å². The van der Waals surface area contributed by atoms with Gasteiger partial charge in [0.15, 0.2) is 0 Å². The van der Waals surface area contributed by atoms with Gasteiger partial charge in [0.1, 0.15) is 11.6 Å². The first-order valence-corrected chi connectivity index (χ1v) is 7.16. The van der Waals surface area contributed by atoms with E-state index in [4.69, 9.17) is 9.47 Å². The van der Waals surface area contributed by atoms with Gasteiger partial charge in [-0.15, -0.1) is 0 Å². The zero-order chi connectivity index (χ0) is 15.6. The summed E-state index contributed by atoms with van der Waals surface area (Å²) in [5.41, 5.74) is -0.634. The van der Waals surface area contributed by atoms with Crippen LogP contribution in [0.5, 0.6) is 0 Å². The molecule has 0 bridgehead atoms. The Morgan fingerprint density at radius 1 is 1.15 bits per heavy atom. The molecular weight excluding hydrogens is 258 g/mol. The van der Waals surface area contributed by atoms with Gasteiger partial charge in [0.25, 0.3) is 0 Å². The average molecular weight is 285 g/mol. The van der Waals surface area contributed by atoms with Crippen molar-refractivity contribution in [2.75, 3.05) is 13.2 Å². The lowest BCUT2D eigenvalue weighted by Gasteiger charge is -2.28. The number of likely N-dealkylation sites (tertiary alicyclic amines) is 1. The maximum absolute atomic E-state index is 12.1. The van der Waals surface area contributed by atoms with E-state index in [0.29, 0.717) is 19.6 Å². The molecule has 1 atom stereocenters. The number of esters is 1. The van der Waals surface area contributed by atoms with Crippen molar-refractivity contribution in [3.8, 4) is 0 Å². The predicted molar refractivity (Wildman–Crippen MR) is 76.4 cm³/mol. The van der Waals surface area contributed by atoms with E-state index >= 15 is 0 Å². The highest BCUT2D eigenvalue weighted by molar-refractivity contribution is 5.82. The van der Waals surface area contributed by atoms with Crippen LogP contribution < -0.4 is 0 Å². The molecule has 1 heterocycles. The second kappa shape index (κ2) is 6.02. The number of amides is 1. The zero-order valence-electron chi connectivity index (χ0n) is 13.5. The molecule has 1 aliphatic heterocycles. The minimum Gasteiger partial charge on any atom is -0.464 e. The van der Waals surface area contributed by atoms with Gasteiger partial charge in [-0.25, -0.2) is 9.59 Å². The van der Waals surface area contributed by atoms with E-state index in [1.165, 1.54) is 4.90 Å². The van der Waals surface area contributed by atoms with Crippen LogP contribution >= 0.6 is 0 Å². The molecule has 0 aromatic rings. The van der Waals surface area contributed by atoms with Crippen molar-refractivity contribution in [2.24, 2.45) is 5.41 Å². The summed E-state index contributed by atoms with van der Waals surface area (Å²) in [5, 5.41) is 0. The third kappa shape index (κ3) is 5.39. The summed E-state index contributed by atoms with van der Waals surface area (Å²) < 4.78 is 10.6. The Bertz CT molecular complexity index is 365. The molecule has 0 aromatic heterocycles. The van der Waals surface area contributed by atoms with Crippen LogP contribution in [0, 0.1) is 5.41 Å². The maximum Gasteiger partial charge on any atom is 0.411 e. The molecule has 0 radical (unpaired) electrons. The second-order valence-corrected chi connectivity index (χ2v) is 7.50. The van der Waals surface area contributed by atoms with Crippen molar-refractivity contribution in [1.29, 1.82) is 0 Å². The molecule has 0 spiro atoms. The van der Waals surface area contributed by atoms with Crippen molar-refractivity contribution in [3.05, 3.63) is 0 Å². The Morgan fingerprint density at radius 3 is 2.25 bits per heavy atom. The topological polar surface area (TPSA) is 55.8 Å². The summed E-state index contributed by atoms with van der Waals surface area (Å²) in [5.74, 6) is -0.330. The molecule has 116 valence electrons. The standard InChI is InChI=1S/C15H27NO4/c1-14(2,3)10-19-12(17)11-8-7-9-16(11)13(18)20-15(4,5)6/h11H,7-10H2,1-6H3. The normalized spacial score (nSPS) is 19.9. The first kappa shape index (κ1) is 16.8. The van der Waals surface area contributed by atoms with Crippen molar-refractivity contribution in [3.63, 3.8) is 0 Å². The van der Waals surface area contributed by atoms with Gasteiger partial charge in [0, 0.05) is 6.54 Å². The summed E-state index contributed by atoms with van der Waals surface area (Å²) >= 11 is 0. The molecule has 1 unspecified atom stereocenters. The number of carbonyl (C=O) groups excluding carboxylic acids is 2. The number of rotatable bonds is 2. The van der Waals surface area contributed by atoms with Crippen LogP contribution in [0.15, 0.2) is 0 Å². The lowest BCUT2D eigenvalue weighted by atomic mass is 9.99. The van der Waals surface area contributed by atoms with E-state index in [9.17, 15) is 9.59 Å². The van der Waals surface area contributed by atoms with Crippen molar-refractivity contribution < 1.29 is 19.1 Å². The summed E-state index contributed by atoms with van der Waals surface area (Å²) in [4.78, 5) is 25.7. The summed E-state index contributed by atoms with van der Waals surface area (Å²) in [6.45, 7) is 12.3. The molecule has 0 aromatic carbocycles. The monoisotopic (exact) mass is 285 g/mol. The summed E-state index contributed by atoms with van der Waals surface area (Å²) in [7, 11) is 0. The lowest BCUT2D eigenvalue weighted by Crippen LogP contribution is -2.44. The highest BCUT2D eigenvalue weighted by atomic mass is 16.6. The summed E-state index contributed by atoms with van der Waals surface area (Å²) in [6.07, 6.45) is 1.00. The van der Waals surface area contributed by atoms with Crippen LogP contribution in [0.3, 0.4) is 0 Å². The Balaban J connectivity index is 2.60. The van der Waals surface area contributed by atoms with Crippen LogP contribution in [-0.2, 0) is 14.3 Å². The minimum atomic E-state index is -0.556. The molecule has 5 nitrogen and oxygen atoms in total. The molecule has 1 fully saturated rings. The van der Waals surface area contributed by atoms with Gasteiger partial charge in [-0.3, -0.25) is 4.90 Å². The van der Waals surface area contributed by atoms with Gasteiger partial charge >= 0.3 is 12.1 Å². The van der Waals surface area contributed by atoms with Crippen molar-refractivity contribution >= 4 is 12.1 Å². The largest absolute Gasteiger partial charge is 0.464 e. The third-order valence-corrected chi connectivity index (χ3v) is 2.80. The van der Waals surface area contributed by atoms with Crippen LogP contribution in [-0.4, -0.2) is 41.8 Å². The van der Waals surface area contributed by atoms with Crippen LogP contribution in [0.25, 0.3) is 0 Å². The highest BCUT2D eigenvalue weighted by Gasteiger charge is 2.37. The second-order valence-electron chi connectivity index (χ2n) is 7.50. The molecule has 1 saturated heterocycles. The maximum atomic E-state index is 12.1. The first-order valence-electron chi connectivity index (χ1n) is 7.16. The Hall–Kier alpha value is -1.26. The average Bonchev–Trinajstić information content (AvgIpc) is 2.71. The SMILES string of the molecule is CC(C)(C)COC(=O)C1CCCN1C(=O)OC(C)(C)C. The van der Waals surface area contributed by atoms with E-state index in [1.54, 1.807) is 0 Å². The number of hydrogen-bond donors (Lipinski definition) is 0. The van der Waals surface area contributed by atoms with Crippen LogP contribution in [0.2, 0.25) is 0 Å². The van der Waals surface area contributed by atoms with E-state index in [2.05, 4.69) is 0 Å². The number of nitrogens with zero attached hydrogens (tertiary/aromatic N) is 1. The van der Waals surface area contributed by atoms with Gasteiger partial charge in [0.05, 0.1) is 6.61 Å². The predicted octanol–water partition coefficient (Wildman–Crippen LogP) is 2.98. The van der Waals surface area contributed by atoms with Gasteiger partial charge in [-0.1, -0.05) is 20.8 Å². The lowest BCUT2D eigenvalue weighted by molar-refractivity contribution is -0.151. The number of hydrogen-bond acceptors (Lipinski definition) is 4. The molecule has 1 aliphatic rings. The molecule has 1 amide bonds. The highest BCUT2D eigenvalue weighted by Crippen LogP contribution is 2.23. The zero-order valence-corrected chi connectivity index (χ0v) is 13.5. The summed E-state index contributed by atoms with van der Waals surface area (Å²) in [6, 6.07) is -0.507. The molecule has 0 aliphatic carbocycles. The van der Waals surface area contributed by atoms with E-state index < -0.39 is 17.7 Å². The van der Waals surface area contributed by atoms with Gasteiger partial charge in [-0.05, 0) is 39.0 Å². The molecule has 5 heteroatoms. The van der Waals surface area contributed by atoms with E-state index in [-0.39, 0.29) is 11.4 Å². The molecule has 0 N–H and O–H groups in total. The first-order chi connectivity index (χ1) is 8.99. The fourth-order valence-electron chi connectivity index (χ4n) is 1.93. The Labute approximate surface area is 121 Å².